The van der Waals surface area contributed by atoms with Gasteiger partial charge in [-0.15, -0.1) is 0 Å². The lowest BCUT2D eigenvalue weighted by Crippen LogP contribution is -2.80. The van der Waals surface area contributed by atoms with E-state index < -0.39 is 144 Å². The number of esters is 4. The van der Waals surface area contributed by atoms with Crippen molar-refractivity contribution in [2.75, 3.05) is 20.3 Å². The maximum Gasteiger partial charge on any atom is 0.348 e. The second kappa shape index (κ2) is 13.6. The summed E-state index contributed by atoms with van der Waals surface area (Å²) in [5.74, 6) is -9.23. The highest BCUT2D eigenvalue weighted by atomic mass is 16.7. The molecule has 2 unspecified atom stereocenters. The van der Waals surface area contributed by atoms with Crippen LogP contribution in [0.15, 0.2) is 23.5 Å². The van der Waals surface area contributed by atoms with E-state index in [1.807, 2.05) is 0 Å². The fraction of sp³-hybridized carbons (Fsp3) is 0.750. The van der Waals surface area contributed by atoms with Crippen LogP contribution in [0.4, 0.5) is 0 Å². The van der Waals surface area contributed by atoms with Gasteiger partial charge >= 0.3 is 23.9 Å². The third kappa shape index (κ3) is 5.55. The fourth-order valence-corrected chi connectivity index (χ4v) is 10.2. The first-order valence-corrected chi connectivity index (χ1v) is 17.8. The predicted octanol–water partition coefficient (Wildman–Crippen LogP) is -2.05. The Morgan fingerprint density at radius 1 is 1.02 bits per heavy atom. The molecule has 18 nitrogen and oxygen atoms in total. The molecule has 3 heterocycles. The average molecular weight is 769 g/mol. The van der Waals surface area contributed by atoms with E-state index in [1.165, 1.54) is 40.7 Å². The largest absolute Gasteiger partial charge is 0.467 e. The molecular formula is C36H48O18. The molecule has 0 radical (unpaired) electrons. The van der Waals surface area contributed by atoms with Gasteiger partial charge in [-0.1, -0.05) is 13.8 Å². The number of hydrogen-bond donors (Lipinski definition) is 6. The second-order valence-electron chi connectivity index (χ2n) is 16.0. The van der Waals surface area contributed by atoms with Crippen molar-refractivity contribution in [3.63, 3.8) is 0 Å². The molecule has 5 fully saturated rings. The zero-order valence-corrected chi connectivity index (χ0v) is 30.9. The summed E-state index contributed by atoms with van der Waals surface area (Å²) in [5.41, 5.74) is -6.85. The predicted molar refractivity (Wildman–Crippen MR) is 175 cm³/mol. The smallest absolute Gasteiger partial charge is 0.348 e. The summed E-state index contributed by atoms with van der Waals surface area (Å²) < 4.78 is 39.6. The number of carbonyl (C=O) groups excluding carboxylic acids is 5. The van der Waals surface area contributed by atoms with Crippen LogP contribution >= 0.6 is 0 Å². The molecule has 0 aromatic rings. The minimum atomic E-state index is -2.47. The van der Waals surface area contributed by atoms with Gasteiger partial charge in [-0.05, 0) is 50.7 Å². The number of aliphatic hydroxyl groups is 6. The zero-order chi connectivity index (χ0) is 40.0. The normalized spacial score (nSPS) is 45.6. The zero-order valence-electron chi connectivity index (χ0n) is 30.9. The molecule has 2 bridgehead atoms. The Morgan fingerprint density at radius 2 is 1.69 bits per heavy atom. The number of rotatable bonds is 8. The van der Waals surface area contributed by atoms with Gasteiger partial charge in [0.2, 0.25) is 23.8 Å². The van der Waals surface area contributed by atoms with Crippen LogP contribution in [0.2, 0.25) is 0 Å². The average Bonchev–Trinajstić information content (AvgIpc) is 3.41. The molecule has 1 spiro atoms. The number of carbonyl (C=O) groups is 5. The van der Waals surface area contributed by atoms with Crippen LogP contribution in [0, 0.1) is 34.5 Å². The lowest BCUT2D eigenvalue weighted by molar-refractivity contribution is -0.297. The molecule has 0 aromatic heterocycles. The Bertz CT molecular complexity index is 1650. The summed E-state index contributed by atoms with van der Waals surface area (Å²) in [4.78, 5) is 67.7. The molecule has 6 rings (SSSR count). The third-order valence-corrected chi connectivity index (χ3v) is 12.8. The summed E-state index contributed by atoms with van der Waals surface area (Å²) >= 11 is 0. The highest BCUT2D eigenvalue weighted by Gasteiger charge is 2.86. The highest BCUT2D eigenvalue weighted by Crippen LogP contribution is 2.72. The molecule has 300 valence electrons. The van der Waals surface area contributed by atoms with Crippen LogP contribution in [0.5, 0.6) is 0 Å². The van der Waals surface area contributed by atoms with E-state index in [9.17, 15) is 54.6 Å². The van der Waals surface area contributed by atoms with Gasteiger partial charge in [0, 0.05) is 29.7 Å². The van der Waals surface area contributed by atoms with Crippen molar-refractivity contribution in [3.05, 3.63) is 23.5 Å². The molecule has 18 heteroatoms. The van der Waals surface area contributed by atoms with E-state index in [-0.39, 0.29) is 17.8 Å². The molecule has 3 aliphatic carbocycles. The van der Waals surface area contributed by atoms with Crippen molar-refractivity contribution in [1.82, 2.24) is 0 Å². The maximum absolute atomic E-state index is 14.8. The van der Waals surface area contributed by atoms with Gasteiger partial charge in [0.15, 0.2) is 5.76 Å². The monoisotopic (exact) mass is 768 g/mol. The molecule has 6 aliphatic rings. The minimum Gasteiger partial charge on any atom is -0.467 e. The number of Topliss-reactive ketones (excluding diaryl/α,β-unsaturated/α-hetero) is 1. The van der Waals surface area contributed by atoms with Gasteiger partial charge in [-0.25, -0.2) is 14.4 Å². The van der Waals surface area contributed by atoms with Gasteiger partial charge in [0.25, 0.3) is 0 Å². The first-order valence-electron chi connectivity index (χ1n) is 17.8. The lowest BCUT2D eigenvalue weighted by atomic mass is 9.37. The number of fused-ring (bicyclic) bond motifs is 2. The van der Waals surface area contributed by atoms with Gasteiger partial charge in [0.05, 0.1) is 32.3 Å². The number of aliphatic hydroxyl groups excluding tert-OH is 6. The molecule has 16 atom stereocenters. The summed E-state index contributed by atoms with van der Waals surface area (Å²) in [7, 11) is 1.01. The van der Waals surface area contributed by atoms with E-state index in [0.717, 1.165) is 13.2 Å². The van der Waals surface area contributed by atoms with E-state index in [0.29, 0.717) is 0 Å². The van der Waals surface area contributed by atoms with Gasteiger partial charge < -0.3 is 63.8 Å². The van der Waals surface area contributed by atoms with Crippen LogP contribution in [-0.2, 0) is 57.1 Å². The molecular weight excluding hydrogens is 720 g/mol. The van der Waals surface area contributed by atoms with Crippen LogP contribution in [0.1, 0.15) is 48.0 Å². The number of ether oxygens (including phenoxy) is 7. The van der Waals surface area contributed by atoms with E-state index in [4.69, 9.17) is 33.2 Å². The van der Waals surface area contributed by atoms with Gasteiger partial charge in [-0.3, -0.25) is 9.59 Å². The van der Waals surface area contributed by atoms with Crippen molar-refractivity contribution >= 4 is 29.7 Å². The lowest BCUT2D eigenvalue weighted by Gasteiger charge is -2.67. The Balaban J connectivity index is 1.43. The van der Waals surface area contributed by atoms with E-state index in [2.05, 4.69) is 0 Å². The molecule has 0 aromatic carbocycles. The van der Waals surface area contributed by atoms with Crippen LogP contribution in [-0.4, -0.2) is 147 Å². The molecule has 2 saturated carbocycles. The number of methoxy groups -OCH3 is 1. The first kappa shape index (κ1) is 40.2. The fourth-order valence-electron chi connectivity index (χ4n) is 10.2. The quantitative estimate of drug-likeness (QED) is 0.0881. The summed E-state index contributed by atoms with van der Waals surface area (Å²) in [6.45, 7) is 7.80. The highest BCUT2D eigenvalue weighted by molar-refractivity contribution is 6.00. The van der Waals surface area contributed by atoms with E-state index >= 15 is 0 Å². The van der Waals surface area contributed by atoms with E-state index in [1.54, 1.807) is 6.92 Å². The minimum absolute atomic E-state index is 0.00828. The summed E-state index contributed by atoms with van der Waals surface area (Å²) in [6, 6.07) is 0. The number of allylic oxidation sites excluding steroid dienone is 2. The summed E-state index contributed by atoms with van der Waals surface area (Å²) in [6.07, 6.45) is -13.1. The van der Waals surface area contributed by atoms with Crippen molar-refractivity contribution in [2.24, 2.45) is 34.5 Å². The van der Waals surface area contributed by atoms with Crippen LogP contribution < -0.4 is 0 Å². The Morgan fingerprint density at radius 3 is 2.30 bits per heavy atom. The topological polar surface area (TPSA) is 271 Å². The van der Waals surface area contributed by atoms with Crippen molar-refractivity contribution in [2.45, 2.75) is 114 Å². The first-order chi connectivity index (χ1) is 25.1. The Hall–Kier alpha value is -3.49. The molecule has 6 N–H and O–H groups in total. The standard InChI is InChI=1S/C36H48O18/c1-13-8-17(50-31-23(42)22(41)21(40)18(11-37)51-31)28(44)34(6)16(13)10-19-35-12-49-36(32(47)48-7,29(45)24(43)26(34)35)27(35)25(30(46)52-19)53-20(39)9-14(2)33(4,5)54-15(3)38/h8-9,13,16,18-19,21-27,29,31,37,40-43,45H,10-12H2,1-7H3/b14-9+/t13-,16+,18?,19-,21-,22-,23+,24-,25-,26-,27-,29+,31-,34?,35-,36+/m1/s1. The Kier molecular flexibility index (Phi) is 10.1. The van der Waals surface area contributed by atoms with Crippen molar-refractivity contribution in [3.8, 4) is 0 Å². The Labute approximate surface area is 309 Å². The van der Waals surface area contributed by atoms with Crippen molar-refractivity contribution < 1.29 is 87.8 Å². The number of hydrogen-bond acceptors (Lipinski definition) is 18. The number of ketones is 1. The van der Waals surface area contributed by atoms with Crippen LogP contribution in [0.25, 0.3) is 0 Å². The second-order valence-corrected chi connectivity index (χ2v) is 16.0. The molecule has 3 aliphatic heterocycles. The molecule has 54 heavy (non-hydrogen) atoms. The molecule has 0 amide bonds. The van der Waals surface area contributed by atoms with Gasteiger partial charge in [-0.2, -0.15) is 0 Å². The maximum atomic E-state index is 14.8. The summed E-state index contributed by atoms with van der Waals surface area (Å²) in [5, 5.41) is 65.1. The third-order valence-electron chi connectivity index (χ3n) is 12.8. The van der Waals surface area contributed by atoms with Crippen LogP contribution in [0.3, 0.4) is 0 Å². The SMILES string of the molecule is COC(=O)[C@@]12OC[C@]34[C@H]([C@@H](O)[C@@H]1O)C1(C)C(=O)C(O[C@@H]5OC(CO)[C@@H](O)[C@@H](O)[C@@H]5O)=C[C@@H](C)[C@@H]1C[C@H]3OC(=O)[C@H](OC(=O)/C=C(\C)C(C)(C)OC(C)=O)[C@@H]24. The van der Waals surface area contributed by atoms with Crippen molar-refractivity contribution in [1.29, 1.82) is 0 Å². The molecule has 3 saturated heterocycles. The van der Waals surface area contributed by atoms with Gasteiger partial charge in [0.1, 0.15) is 42.2 Å².